The van der Waals surface area contributed by atoms with Crippen LogP contribution >= 0.6 is 11.6 Å². The van der Waals surface area contributed by atoms with Crippen molar-refractivity contribution in [3.63, 3.8) is 0 Å². The van der Waals surface area contributed by atoms with E-state index in [2.05, 4.69) is 10.3 Å². The lowest BCUT2D eigenvalue weighted by Gasteiger charge is -2.07. The first-order valence-corrected chi connectivity index (χ1v) is 8.60. The number of nitro benzene ring substituents is 1. The molecule has 0 bridgehead atoms. The van der Waals surface area contributed by atoms with E-state index in [1.54, 1.807) is 24.3 Å². The van der Waals surface area contributed by atoms with E-state index >= 15 is 0 Å². The van der Waals surface area contributed by atoms with Crippen LogP contribution in [0.4, 0.5) is 11.4 Å². The third-order valence-electron chi connectivity index (χ3n) is 4.07. The summed E-state index contributed by atoms with van der Waals surface area (Å²) in [7, 11) is 0. The number of carbonyl (C=O) groups is 1. The van der Waals surface area contributed by atoms with Crippen LogP contribution in [-0.4, -0.2) is 15.8 Å². The summed E-state index contributed by atoms with van der Waals surface area (Å²) in [6.07, 6.45) is 0. The van der Waals surface area contributed by atoms with E-state index in [-0.39, 0.29) is 16.3 Å². The Balaban J connectivity index is 1.62. The number of oxazole rings is 1. The van der Waals surface area contributed by atoms with Gasteiger partial charge in [-0.1, -0.05) is 29.8 Å². The van der Waals surface area contributed by atoms with Gasteiger partial charge in [0.15, 0.2) is 5.58 Å². The Labute approximate surface area is 163 Å². The van der Waals surface area contributed by atoms with Gasteiger partial charge in [-0.25, -0.2) is 4.98 Å². The predicted molar refractivity (Wildman–Crippen MR) is 106 cm³/mol. The molecular weight excluding hydrogens is 382 g/mol. The van der Waals surface area contributed by atoms with E-state index < -0.39 is 10.8 Å². The number of nitro groups is 1. The van der Waals surface area contributed by atoms with Gasteiger partial charge in [-0.2, -0.15) is 0 Å². The second-order valence-electron chi connectivity index (χ2n) is 5.94. The Morgan fingerprint density at radius 1 is 1.07 bits per heavy atom. The molecular formula is C20H12ClN3O4. The number of anilines is 1. The number of hydrogen-bond donors (Lipinski definition) is 1. The highest BCUT2D eigenvalue weighted by Crippen LogP contribution is 2.27. The van der Waals surface area contributed by atoms with Gasteiger partial charge in [-0.05, 0) is 36.4 Å². The number of benzene rings is 3. The molecule has 0 spiro atoms. The largest absolute Gasteiger partial charge is 0.436 e. The summed E-state index contributed by atoms with van der Waals surface area (Å²) in [6, 6.07) is 18.0. The molecule has 0 saturated heterocycles. The topological polar surface area (TPSA) is 98.3 Å². The quantitative estimate of drug-likeness (QED) is 0.374. The average Bonchev–Trinajstić information content (AvgIpc) is 3.12. The maximum atomic E-state index is 12.5. The highest BCUT2D eigenvalue weighted by molar-refractivity contribution is 6.34. The van der Waals surface area contributed by atoms with Gasteiger partial charge in [0, 0.05) is 23.4 Å². The Bertz CT molecular complexity index is 1190. The fraction of sp³-hybridized carbons (Fsp3) is 0. The molecule has 1 N–H and O–H groups in total. The first kappa shape index (κ1) is 17.7. The van der Waals surface area contributed by atoms with Gasteiger partial charge >= 0.3 is 0 Å². The van der Waals surface area contributed by atoms with Crippen LogP contribution < -0.4 is 5.32 Å². The molecule has 8 heteroatoms. The highest BCUT2D eigenvalue weighted by atomic mass is 35.5. The summed E-state index contributed by atoms with van der Waals surface area (Å²) in [4.78, 5) is 27.3. The molecule has 1 aromatic heterocycles. The number of non-ortho nitro benzene ring substituents is 1. The minimum absolute atomic E-state index is 0.0168. The number of hydrogen-bond acceptors (Lipinski definition) is 5. The van der Waals surface area contributed by atoms with Crippen molar-refractivity contribution in [2.45, 2.75) is 0 Å². The standard InChI is InChI=1S/C20H12ClN3O4/c21-16-9-8-14(24(26)27)11-15(16)19(25)22-13-5-3-4-12(10-13)20-23-17-6-1-2-7-18(17)28-20/h1-11H,(H,22,25). The summed E-state index contributed by atoms with van der Waals surface area (Å²) >= 11 is 6.03. The molecule has 0 aliphatic heterocycles. The van der Waals surface area contributed by atoms with Gasteiger partial charge < -0.3 is 9.73 Å². The number of carbonyl (C=O) groups excluding carboxylic acids is 1. The van der Waals surface area contributed by atoms with Crippen LogP contribution in [0, 0.1) is 10.1 Å². The van der Waals surface area contributed by atoms with Crippen LogP contribution in [0.2, 0.25) is 5.02 Å². The number of aromatic nitrogens is 1. The normalized spacial score (nSPS) is 10.8. The maximum absolute atomic E-state index is 12.5. The van der Waals surface area contributed by atoms with E-state index in [0.29, 0.717) is 22.7 Å². The molecule has 0 atom stereocenters. The summed E-state index contributed by atoms with van der Waals surface area (Å²) in [5.74, 6) is -0.130. The maximum Gasteiger partial charge on any atom is 0.270 e. The fourth-order valence-electron chi connectivity index (χ4n) is 2.72. The number of para-hydroxylation sites is 2. The molecule has 0 aliphatic rings. The average molecular weight is 394 g/mol. The SMILES string of the molecule is O=C(Nc1cccc(-c2nc3ccccc3o2)c1)c1cc([N+](=O)[O-])ccc1Cl. The van der Waals surface area contributed by atoms with E-state index in [0.717, 1.165) is 11.6 Å². The lowest BCUT2D eigenvalue weighted by molar-refractivity contribution is -0.384. The summed E-state index contributed by atoms with van der Waals surface area (Å²) < 4.78 is 5.74. The molecule has 1 amide bonds. The molecule has 138 valence electrons. The smallest absolute Gasteiger partial charge is 0.270 e. The summed E-state index contributed by atoms with van der Waals surface area (Å²) in [6.45, 7) is 0. The van der Waals surface area contributed by atoms with Gasteiger partial charge in [-0.15, -0.1) is 0 Å². The van der Waals surface area contributed by atoms with Crippen LogP contribution in [0.5, 0.6) is 0 Å². The van der Waals surface area contributed by atoms with Crippen molar-refractivity contribution in [1.29, 1.82) is 0 Å². The summed E-state index contributed by atoms with van der Waals surface area (Å²) in [5.41, 5.74) is 2.36. The molecule has 0 radical (unpaired) electrons. The van der Waals surface area contributed by atoms with E-state index in [1.807, 2.05) is 24.3 Å². The number of amides is 1. The van der Waals surface area contributed by atoms with Crippen molar-refractivity contribution >= 4 is 40.0 Å². The molecule has 28 heavy (non-hydrogen) atoms. The Morgan fingerprint density at radius 2 is 1.89 bits per heavy atom. The zero-order chi connectivity index (χ0) is 19.7. The molecule has 0 fully saturated rings. The van der Waals surface area contributed by atoms with Crippen molar-refractivity contribution < 1.29 is 14.1 Å². The number of nitrogens with zero attached hydrogens (tertiary/aromatic N) is 2. The monoisotopic (exact) mass is 393 g/mol. The minimum Gasteiger partial charge on any atom is -0.436 e. The van der Waals surface area contributed by atoms with Crippen molar-refractivity contribution in [2.24, 2.45) is 0 Å². The number of halogens is 1. The second-order valence-corrected chi connectivity index (χ2v) is 6.35. The van der Waals surface area contributed by atoms with Gasteiger partial charge in [0.2, 0.25) is 5.89 Å². The van der Waals surface area contributed by atoms with Crippen molar-refractivity contribution in [3.8, 4) is 11.5 Å². The van der Waals surface area contributed by atoms with Crippen molar-refractivity contribution in [1.82, 2.24) is 4.98 Å². The first-order valence-electron chi connectivity index (χ1n) is 8.22. The predicted octanol–water partition coefficient (Wildman–Crippen LogP) is 5.31. The number of nitrogens with one attached hydrogen (secondary N) is 1. The minimum atomic E-state index is -0.582. The molecule has 4 aromatic rings. The molecule has 0 unspecified atom stereocenters. The summed E-state index contributed by atoms with van der Waals surface area (Å²) in [5, 5.41) is 13.8. The van der Waals surface area contributed by atoms with Gasteiger partial charge in [0.25, 0.3) is 11.6 Å². The molecule has 7 nitrogen and oxygen atoms in total. The first-order chi connectivity index (χ1) is 13.5. The van der Waals surface area contributed by atoms with Crippen LogP contribution in [0.1, 0.15) is 10.4 Å². The van der Waals surface area contributed by atoms with Crippen LogP contribution in [0.3, 0.4) is 0 Å². The van der Waals surface area contributed by atoms with E-state index in [1.165, 1.54) is 12.1 Å². The zero-order valence-corrected chi connectivity index (χ0v) is 15.0. The van der Waals surface area contributed by atoms with Gasteiger partial charge in [-0.3, -0.25) is 14.9 Å². The zero-order valence-electron chi connectivity index (χ0n) is 14.3. The van der Waals surface area contributed by atoms with Crippen molar-refractivity contribution in [2.75, 3.05) is 5.32 Å². The number of rotatable bonds is 4. The molecule has 4 rings (SSSR count). The lowest BCUT2D eigenvalue weighted by atomic mass is 10.1. The number of fused-ring (bicyclic) bond motifs is 1. The molecule has 1 heterocycles. The molecule has 0 aliphatic carbocycles. The third kappa shape index (κ3) is 3.43. The Kier molecular flexibility index (Phi) is 4.50. The van der Waals surface area contributed by atoms with Crippen LogP contribution in [-0.2, 0) is 0 Å². The van der Waals surface area contributed by atoms with Gasteiger partial charge in [0.05, 0.1) is 15.5 Å². The Hall–Kier alpha value is -3.71. The van der Waals surface area contributed by atoms with Crippen LogP contribution in [0.15, 0.2) is 71.1 Å². The van der Waals surface area contributed by atoms with E-state index in [4.69, 9.17) is 16.0 Å². The Morgan fingerprint density at radius 3 is 2.68 bits per heavy atom. The lowest BCUT2D eigenvalue weighted by Crippen LogP contribution is -2.12. The molecule has 0 saturated carbocycles. The second kappa shape index (κ2) is 7.13. The van der Waals surface area contributed by atoms with E-state index in [9.17, 15) is 14.9 Å². The fourth-order valence-corrected chi connectivity index (χ4v) is 2.93. The van der Waals surface area contributed by atoms with Gasteiger partial charge in [0.1, 0.15) is 5.52 Å². The highest BCUT2D eigenvalue weighted by Gasteiger charge is 2.16. The third-order valence-corrected chi connectivity index (χ3v) is 4.40. The van der Waals surface area contributed by atoms with Crippen LogP contribution in [0.25, 0.3) is 22.6 Å². The molecule has 3 aromatic carbocycles. The van der Waals surface area contributed by atoms with Crippen molar-refractivity contribution in [3.05, 3.63) is 87.4 Å².